The minimum Gasteiger partial charge on any atom is -0.497 e. The molecule has 4 N–H and O–H groups in total. The number of carbonyl (C=O) groups is 2. The van der Waals surface area contributed by atoms with Gasteiger partial charge in [0.1, 0.15) is 5.75 Å². The summed E-state index contributed by atoms with van der Waals surface area (Å²) in [5.74, 6) is 0.216. The van der Waals surface area contributed by atoms with Crippen LogP contribution in [0.3, 0.4) is 0 Å². The Morgan fingerprint density at radius 2 is 1.77 bits per heavy atom. The number of rotatable bonds is 7. The Kier molecular flexibility index (Phi) is 6.85. The molecule has 0 aliphatic carbocycles. The Bertz CT molecular complexity index is 500. The van der Waals surface area contributed by atoms with Crippen molar-refractivity contribution in [2.75, 3.05) is 13.7 Å². The maximum absolute atomic E-state index is 11.9. The fraction of sp³-hybridized carbons (Fsp3) is 0.500. The van der Waals surface area contributed by atoms with E-state index in [9.17, 15) is 9.59 Å². The number of carbonyl (C=O) groups excluding carboxylic acids is 2. The van der Waals surface area contributed by atoms with Crippen molar-refractivity contribution in [3.8, 4) is 5.75 Å². The molecule has 0 fully saturated rings. The summed E-state index contributed by atoms with van der Waals surface area (Å²) in [4.78, 5) is 23.5. The molecule has 0 saturated heterocycles. The number of hydrogen-bond donors (Lipinski definition) is 3. The Morgan fingerprint density at radius 3 is 2.27 bits per heavy atom. The van der Waals surface area contributed by atoms with Crippen molar-refractivity contribution in [3.63, 3.8) is 0 Å². The van der Waals surface area contributed by atoms with Gasteiger partial charge < -0.3 is 21.1 Å². The number of hydrogen-bond acceptors (Lipinski definition) is 4. The van der Waals surface area contributed by atoms with Gasteiger partial charge in [0.05, 0.1) is 25.7 Å². The van der Waals surface area contributed by atoms with E-state index in [1.165, 1.54) is 0 Å². The molecule has 122 valence electrons. The molecule has 1 unspecified atom stereocenters. The van der Waals surface area contributed by atoms with Crippen molar-refractivity contribution in [3.05, 3.63) is 29.8 Å². The van der Waals surface area contributed by atoms with Gasteiger partial charge in [-0.25, -0.2) is 0 Å². The largest absolute Gasteiger partial charge is 0.497 e. The van der Waals surface area contributed by atoms with Crippen molar-refractivity contribution in [2.24, 2.45) is 11.7 Å². The van der Waals surface area contributed by atoms with E-state index in [0.29, 0.717) is 0 Å². The molecule has 1 rings (SSSR count). The van der Waals surface area contributed by atoms with Crippen LogP contribution in [0.4, 0.5) is 0 Å². The molecule has 0 heterocycles. The second-order valence-corrected chi connectivity index (χ2v) is 5.55. The lowest BCUT2D eigenvalue weighted by molar-refractivity contribution is -0.127. The third-order valence-corrected chi connectivity index (χ3v) is 3.44. The molecule has 6 heteroatoms. The number of benzene rings is 1. The predicted molar refractivity (Wildman–Crippen MR) is 85.4 cm³/mol. The lowest BCUT2D eigenvalue weighted by atomic mass is 10.1. The van der Waals surface area contributed by atoms with Crippen molar-refractivity contribution in [1.82, 2.24) is 10.6 Å². The van der Waals surface area contributed by atoms with Gasteiger partial charge in [0.2, 0.25) is 11.8 Å². The van der Waals surface area contributed by atoms with Crippen LogP contribution in [-0.4, -0.2) is 31.5 Å². The topological polar surface area (TPSA) is 93.5 Å². The minimum atomic E-state index is -0.605. The molecule has 1 aromatic rings. The highest BCUT2D eigenvalue weighted by atomic mass is 16.5. The fourth-order valence-corrected chi connectivity index (χ4v) is 1.86. The summed E-state index contributed by atoms with van der Waals surface area (Å²) < 4.78 is 5.09. The summed E-state index contributed by atoms with van der Waals surface area (Å²) in [6, 6.07) is 6.68. The lowest BCUT2D eigenvalue weighted by Gasteiger charge is -2.17. The number of ether oxygens (including phenoxy) is 1. The van der Waals surface area contributed by atoms with Crippen LogP contribution in [0.1, 0.15) is 32.4 Å². The van der Waals surface area contributed by atoms with Gasteiger partial charge in [-0.2, -0.15) is 0 Å². The van der Waals surface area contributed by atoms with E-state index in [-0.39, 0.29) is 30.3 Å². The van der Waals surface area contributed by atoms with Crippen molar-refractivity contribution in [2.45, 2.75) is 32.9 Å². The number of amides is 2. The molecule has 2 atom stereocenters. The zero-order valence-corrected chi connectivity index (χ0v) is 13.6. The molecule has 22 heavy (non-hydrogen) atoms. The van der Waals surface area contributed by atoms with E-state index < -0.39 is 6.04 Å². The second kappa shape index (κ2) is 8.38. The number of nitrogens with one attached hydrogen (secondary N) is 2. The van der Waals surface area contributed by atoms with Crippen LogP contribution in [0.15, 0.2) is 24.3 Å². The molecular weight excluding hydrogens is 282 g/mol. The fourth-order valence-electron chi connectivity index (χ4n) is 1.86. The standard InChI is InChI=1S/C16H25N3O3/c1-10(2)15(17)16(21)18-9-14(20)19-11(3)12-5-7-13(22-4)8-6-12/h5-8,10-11,15H,9,17H2,1-4H3,(H,18,21)(H,19,20)/t11?,15-/m0/s1. The summed E-state index contributed by atoms with van der Waals surface area (Å²) >= 11 is 0. The van der Waals surface area contributed by atoms with Crippen LogP contribution in [0.5, 0.6) is 5.75 Å². The van der Waals surface area contributed by atoms with Crippen LogP contribution < -0.4 is 21.1 Å². The molecule has 0 aliphatic heterocycles. The van der Waals surface area contributed by atoms with E-state index in [4.69, 9.17) is 10.5 Å². The van der Waals surface area contributed by atoms with Crippen LogP contribution in [0.25, 0.3) is 0 Å². The van der Waals surface area contributed by atoms with Gasteiger partial charge in [-0.15, -0.1) is 0 Å². The summed E-state index contributed by atoms with van der Waals surface area (Å²) in [5, 5.41) is 5.36. The van der Waals surface area contributed by atoms with Crippen LogP contribution >= 0.6 is 0 Å². The summed E-state index contributed by atoms with van der Waals surface area (Å²) in [7, 11) is 1.60. The average molecular weight is 307 g/mol. The van der Waals surface area contributed by atoms with Gasteiger partial charge in [0, 0.05) is 0 Å². The van der Waals surface area contributed by atoms with Gasteiger partial charge >= 0.3 is 0 Å². The Morgan fingerprint density at radius 1 is 1.18 bits per heavy atom. The minimum absolute atomic E-state index is 0.0290. The van der Waals surface area contributed by atoms with E-state index in [0.717, 1.165) is 11.3 Å². The molecule has 0 spiro atoms. The Hall–Kier alpha value is -2.08. The van der Waals surface area contributed by atoms with E-state index in [1.807, 2.05) is 45.0 Å². The normalized spacial score (nSPS) is 13.4. The highest BCUT2D eigenvalue weighted by Gasteiger charge is 2.18. The molecule has 0 aliphatic rings. The zero-order chi connectivity index (χ0) is 16.7. The van der Waals surface area contributed by atoms with Gasteiger partial charge in [0.25, 0.3) is 0 Å². The summed E-state index contributed by atoms with van der Waals surface area (Å²) in [6.07, 6.45) is 0. The van der Waals surface area contributed by atoms with Gasteiger partial charge in [-0.1, -0.05) is 26.0 Å². The molecule has 0 bridgehead atoms. The van der Waals surface area contributed by atoms with Crippen molar-refractivity contribution >= 4 is 11.8 Å². The highest BCUT2D eigenvalue weighted by Crippen LogP contribution is 2.16. The smallest absolute Gasteiger partial charge is 0.239 e. The summed E-state index contributed by atoms with van der Waals surface area (Å²) in [6.45, 7) is 5.51. The van der Waals surface area contributed by atoms with Gasteiger partial charge in [-0.3, -0.25) is 9.59 Å². The first-order valence-corrected chi connectivity index (χ1v) is 7.31. The molecule has 0 saturated carbocycles. The summed E-state index contributed by atoms with van der Waals surface area (Å²) in [5.41, 5.74) is 6.67. The van der Waals surface area contributed by atoms with Crippen LogP contribution in [-0.2, 0) is 9.59 Å². The highest BCUT2D eigenvalue weighted by molar-refractivity contribution is 5.87. The number of methoxy groups -OCH3 is 1. The molecule has 0 aromatic heterocycles. The third kappa shape index (κ3) is 5.37. The van der Waals surface area contributed by atoms with Gasteiger partial charge in [0.15, 0.2) is 0 Å². The van der Waals surface area contributed by atoms with Crippen molar-refractivity contribution in [1.29, 1.82) is 0 Å². The van der Waals surface area contributed by atoms with Crippen LogP contribution in [0.2, 0.25) is 0 Å². The quantitative estimate of drug-likeness (QED) is 0.700. The van der Waals surface area contributed by atoms with Crippen LogP contribution in [0, 0.1) is 5.92 Å². The first-order chi connectivity index (χ1) is 10.3. The first-order valence-electron chi connectivity index (χ1n) is 7.31. The lowest BCUT2D eigenvalue weighted by Crippen LogP contribution is -2.47. The third-order valence-electron chi connectivity index (χ3n) is 3.44. The maximum Gasteiger partial charge on any atom is 0.239 e. The molecule has 0 radical (unpaired) electrons. The molecular formula is C16H25N3O3. The predicted octanol–water partition coefficient (Wildman–Crippen LogP) is 0.972. The van der Waals surface area contributed by atoms with E-state index in [2.05, 4.69) is 10.6 Å². The first kappa shape index (κ1) is 18.0. The molecule has 6 nitrogen and oxygen atoms in total. The average Bonchev–Trinajstić information content (AvgIpc) is 2.51. The Balaban J connectivity index is 2.45. The molecule has 1 aromatic carbocycles. The van der Waals surface area contributed by atoms with Gasteiger partial charge in [-0.05, 0) is 30.5 Å². The Labute approximate surface area is 131 Å². The molecule has 2 amide bonds. The van der Waals surface area contributed by atoms with E-state index >= 15 is 0 Å². The SMILES string of the molecule is COc1ccc(C(C)NC(=O)CNC(=O)[C@@H](N)C(C)C)cc1. The second-order valence-electron chi connectivity index (χ2n) is 5.55. The zero-order valence-electron chi connectivity index (χ0n) is 13.6. The van der Waals surface area contributed by atoms with E-state index in [1.54, 1.807) is 7.11 Å². The monoisotopic (exact) mass is 307 g/mol. The maximum atomic E-state index is 11.9. The van der Waals surface area contributed by atoms with Crippen molar-refractivity contribution < 1.29 is 14.3 Å². The number of nitrogens with two attached hydrogens (primary N) is 1.